The summed E-state index contributed by atoms with van der Waals surface area (Å²) in [6.07, 6.45) is -0.621. The zero-order valence-corrected chi connectivity index (χ0v) is 11.4. The Morgan fingerprint density at radius 1 is 1.23 bits per heavy atom. The summed E-state index contributed by atoms with van der Waals surface area (Å²) < 4.78 is 4.85. The van der Waals surface area contributed by atoms with E-state index in [0.717, 1.165) is 5.56 Å². The molecule has 0 aromatic heterocycles. The molecule has 5 N–H and O–H groups in total. The lowest BCUT2D eigenvalue weighted by Crippen LogP contribution is -2.44. The first kappa shape index (κ1) is 17.8. The highest BCUT2D eigenvalue weighted by atomic mass is 17.1. The van der Waals surface area contributed by atoms with Crippen LogP contribution < -0.4 is 10.1 Å². The Morgan fingerprint density at radius 3 is 2.36 bits per heavy atom. The molecule has 0 aliphatic heterocycles. The van der Waals surface area contributed by atoms with E-state index in [2.05, 4.69) is 4.84 Å². The summed E-state index contributed by atoms with van der Waals surface area (Å²) in [7, 11) is 0. The number of aliphatic carboxylic acids is 1. The predicted octanol–water partition coefficient (Wildman–Crippen LogP) is -0.225. The summed E-state index contributed by atoms with van der Waals surface area (Å²) >= 11 is 0. The number of rotatable bonds is 8. The first-order valence-electron chi connectivity index (χ1n) is 6.14. The molecule has 10 nitrogen and oxygen atoms in total. The van der Waals surface area contributed by atoms with Gasteiger partial charge in [0, 0.05) is 0 Å². The van der Waals surface area contributed by atoms with Crippen molar-refractivity contribution >= 4 is 12.1 Å². The van der Waals surface area contributed by atoms with Crippen molar-refractivity contribution in [2.75, 3.05) is 13.2 Å². The van der Waals surface area contributed by atoms with Crippen LogP contribution in [-0.4, -0.2) is 57.3 Å². The van der Waals surface area contributed by atoms with Crippen LogP contribution >= 0.6 is 0 Å². The van der Waals surface area contributed by atoms with Crippen LogP contribution in [0, 0.1) is 0 Å². The van der Waals surface area contributed by atoms with E-state index in [1.165, 1.54) is 12.1 Å². The minimum absolute atomic E-state index is 0.0322. The van der Waals surface area contributed by atoms with E-state index >= 15 is 0 Å². The minimum Gasteiger partial charge on any atom is -0.480 e. The number of amides is 1. The monoisotopic (exact) mass is 316 g/mol. The number of nitrogens with zero attached hydrogens (tertiary/aromatic N) is 1. The van der Waals surface area contributed by atoms with Crippen molar-refractivity contribution in [3.05, 3.63) is 29.8 Å². The molecule has 1 unspecified atom stereocenters. The topological polar surface area (TPSA) is 149 Å². The molecule has 0 bridgehead atoms. The SMILES string of the molecule is O=C(NC(CO)C(=O)O)Oc1ccc(CCON(O)O)cc1. The molecule has 0 aliphatic carbocycles. The standard InChI is InChI=1S/C12H16N2O8/c15-7-10(11(16)17)13-12(18)22-9-3-1-8(2-4-9)5-6-21-14(19)20/h1-4,10,15,19-20H,5-7H2,(H,13,18)(H,16,17). The largest absolute Gasteiger partial charge is 0.480 e. The van der Waals surface area contributed by atoms with Gasteiger partial charge in [0.05, 0.1) is 18.6 Å². The molecular weight excluding hydrogens is 300 g/mol. The van der Waals surface area contributed by atoms with Crippen LogP contribution in [0.1, 0.15) is 5.56 Å². The van der Waals surface area contributed by atoms with E-state index in [9.17, 15) is 9.59 Å². The molecule has 0 radical (unpaired) electrons. The second-order valence-corrected chi connectivity index (χ2v) is 4.09. The molecule has 0 aliphatic rings. The molecule has 0 fully saturated rings. The molecule has 1 atom stereocenters. The third-order valence-electron chi connectivity index (χ3n) is 2.50. The average Bonchev–Trinajstić information content (AvgIpc) is 2.46. The van der Waals surface area contributed by atoms with E-state index in [0.29, 0.717) is 6.42 Å². The van der Waals surface area contributed by atoms with Crippen LogP contribution in [0.4, 0.5) is 4.79 Å². The van der Waals surface area contributed by atoms with Crippen molar-refractivity contribution in [1.29, 1.82) is 0 Å². The third-order valence-corrected chi connectivity index (χ3v) is 2.50. The number of nitrogens with one attached hydrogen (secondary N) is 1. The highest BCUT2D eigenvalue weighted by Crippen LogP contribution is 2.13. The molecule has 1 rings (SSSR count). The Labute approximate surface area is 125 Å². The highest BCUT2D eigenvalue weighted by molar-refractivity contribution is 5.80. The number of carbonyl (C=O) groups excluding carboxylic acids is 1. The quantitative estimate of drug-likeness (QED) is 0.410. The van der Waals surface area contributed by atoms with Gasteiger partial charge in [-0.15, -0.1) is 0 Å². The molecule has 0 saturated heterocycles. The van der Waals surface area contributed by atoms with Gasteiger partial charge in [-0.05, 0) is 24.1 Å². The Bertz CT molecular complexity index is 490. The van der Waals surface area contributed by atoms with Gasteiger partial charge in [0.25, 0.3) is 0 Å². The number of ether oxygens (including phenoxy) is 1. The molecule has 1 aromatic carbocycles. The molecule has 1 amide bonds. The van der Waals surface area contributed by atoms with Gasteiger partial charge in [0.15, 0.2) is 6.04 Å². The molecule has 0 heterocycles. The summed E-state index contributed by atoms with van der Waals surface area (Å²) in [6.45, 7) is -0.722. The fourth-order valence-corrected chi connectivity index (χ4v) is 1.43. The van der Waals surface area contributed by atoms with E-state index < -0.39 is 24.7 Å². The van der Waals surface area contributed by atoms with Crippen molar-refractivity contribution in [3.8, 4) is 5.75 Å². The number of benzene rings is 1. The van der Waals surface area contributed by atoms with Crippen molar-refractivity contribution in [2.45, 2.75) is 12.5 Å². The van der Waals surface area contributed by atoms with E-state index in [-0.39, 0.29) is 17.7 Å². The van der Waals surface area contributed by atoms with Crippen molar-refractivity contribution in [3.63, 3.8) is 0 Å². The van der Waals surface area contributed by atoms with Gasteiger partial charge >= 0.3 is 12.1 Å². The van der Waals surface area contributed by atoms with Gasteiger partial charge in [0.2, 0.25) is 0 Å². The lowest BCUT2D eigenvalue weighted by atomic mass is 10.1. The van der Waals surface area contributed by atoms with Gasteiger partial charge in [0.1, 0.15) is 5.75 Å². The number of aliphatic hydroxyl groups is 1. The lowest BCUT2D eigenvalue weighted by molar-refractivity contribution is -0.492. The molecule has 10 heteroatoms. The van der Waals surface area contributed by atoms with Crippen LogP contribution in [0.5, 0.6) is 5.75 Å². The molecule has 0 spiro atoms. The van der Waals surface area contributed by atoms with Crippen molar-refractivity contribution in [2.24, 2.45) is 0 Å². The van der Waals surface area contributed by atoms with Crippen molar-refractivity contribution < 1.29 is 39.8 Å². The third kappa shape index (κ3) is 6.47. The van der Waals surface area contributed by atoms with E-state index in [1.807, 2.05) is 5.32 Å². The number of carboxylic acid groups (broad SMARTS) is 1. The van der Waals surface area contributed by atoms with Crippen molar-refractivity contribution in [1.82, 2.24) is 10.7 Å². The fraction of sp³-hybridized carbons (Fsp3) is 0.333. The first-order chi connectivity index (χ1) is 10.4. The maximum absolute atomic E-state index is 11.4. The van der Waals surface area contributed by atoms with E-state index in [4.69, 9.17) is 25.4 Å². The number of hydrogen-bond acceptors (Lipinski definition) is 8. The zero-order chi connectivity index (χ0) is 16.5. The van der Waals surface area contributed by atoms with Gasteiger partial charge in [-0.1, -0.05) is 12.1 Å². The number of carbonyl (C=O) groups is 2. The maximum atomic E-state index is 11.4. The molecule has 22 heavy (non-hydrogen) atoms. The van der Waals surface area contributed by atoms with Crippen LogP contribution in [-0.2, 0) is 16.1 Å². The van der Waals surface area contributed by atoms with Gasteiger partial charge < -0.3 is 20.3 Å². The van der Waals surface area contributed by atoms with Gasteiger partial charge in [-0.2, -0.15) is 0 Å². The smallest absolute Gasteiger partial charge is 0.413 e. The highest BCUT2D eigenvalue weighted by Gasteiger charge is 2.19. The number of aliphatic hydroxyl groups excluding tert-OH is 1. The fourth-order valence-electron chi connectivity index (χ4n) is 1.43. The zero-order valence-electron chi connectivity index (χ0n) is 11.4. The Morgan fingerprint density at radius 2 is 1.86 bits per heavy atom. The first-order valence-corrected chi connectivity index (χ1v) is 6.14. The van der Waals surface area contributed by atoms with Crippen LogP contribution in [0.3, 0.4) is 0 Å². The Kier molecular flexibility index (Phi) is 7.22. The van der Waals surface area contributed by atoms with E-state index in [1.54, 1.807) is 12.1 Å². The summed E-state index contributed by atoms with van der Waals surface area (Å²) in [5.74, 6) is -1.20. The van der Waals surface area contributed by atoms with Crippen LogP contribution in [0.2, 0.25) is 0 Å². The molecule has 1 aromatic rings. The Hall–Kier alpha value is -2.24. The molecule has 122 valence electrons. The predicted molar refractivity (Wildman–Crippen MR) is 69.2 cm³/mol. The number of carboxylic acids is 1. The number of hydrogen-bond donors (Lipinski definition) is 5. The summed E-state index contributed by atoms with van der Waals surface area (Å²) in [6, 6.07) is 4.74. The Balaban J connectivity index is 2.46. The second kappa shape index (κ2) is 8.92. The normalized spacial score (nSPS) is 12.0. The minimum atomic E-state index is -1.44. The average molecular weight is 316 g/mol. The second-order valence-electron chi connectivity index (χ2n) is 4.09. The molecule has 0 saturated carbocycles. The van der Waals surface area contributed by atoms with Gasteiger partial charge in [-0.25, -0.2) is 9.59 Å². The van der Waals surface area contributed by atoms with Crippen LogP contribution in [0.15, 0.2) is 24.3 Å². The summed E-state index contributed by atoms with van der Waals surface area (Å²) in [4.78, 5) is 26.4. The van der Waals surface area contributed by atoms with Crippen LogP contribution in [0.25, 0.3) is 0 Å². The van der Waals surface area contributed by atoms with Gasteiger partial charge in [-0.3, -0.25) is 15.3 Å². The molecular formula is C12H16N2O8. The summed E-state index contributed by atoms with van der Waals surface area (Å²) in [5, 5.41) is 35.7. The summed E-state index contributed by atoms with van der Waals surface area (Å²) in [5.41, 5.74) is 0.786. The maximum Gasteiger partial charge on any atom is 0.413 e. The lowest BCUT2D eigenvalue weighted by Gasteiger charge is -2.12.